The molecule has 3 nitrogen and oxygen atoms in total. The van der Waals surface area contributed by atoms with Gasteiger partial charge in [-0.15, -0.1) is 0 Å². The van der Waals surface area contributed by atoms with Crippen LogP contribution in [0.25, 0.3) is 0 Å². The lowest BCUT2D eigenvalue weighted by molar-refractivity contribution is 0.246. The summed E-state index contributed by atoms with van der Waals surface area (Å²) in [6, 6.07) is 10.7. The van der Waals surface area contributed by atoms with Crippen molar-refractivity contribution in [2.75, 3.05) is 13.2 Å². The van der Waals surface area contributed by atoms with Crippen LogP contribution in [-0.4, -0.2) is 13.2 Å². The second kappa shape index (κ2) is 5.49. The molecule has 0 radical (unpaired) electrons. The normalized spacial score (nSPS) is 19.5. The second-order valence-corrected chi connectivity index (χ2v) is 4.87. The Morgan fingerprint density at radius 3 is 3.00 bits per heavy atom. The van der Waals surface area contributed by atoms with Crippen LogP contribution in [0.1, 0.15) is 36.4 Å². The van der Waals surface area contributed by atoms with E-state index in [1.807, 2.05) is 18.4 Å². The molecule has 0 bridgehead atoms. The van der Waals surface area contributed by atoms with E-state index in [-0.39, 0.29) is 6.04 Å². The van der Waals surface area contributed by atoms with Crippen LogP contribution < -0.4 is 10.1 Å². The highest BCUT2D eigenvalue weighted by atomic mass is 16.5. The maximum atomic E-state index is 5.75. The summed E-state index contributed by atoms with van der Waals surface area (Å²) in [5, 5.41) is 3.58. The number of ether oxygens (including phenoxy) is 1. The second-order valence-electron chi connectivity index (χ2n) is 4.87. The fraction of sp³-hybridized carbons (Fsp3) is 0.375. The van der Waals surface area contributed by atoms with E-state index < -0.39 is 0 Å². The zero-order valence-electron chi connectivity index (χ0n) is 11.1. The molecule has 19 heavy (non-hydrogen) atoms. The summed E-state index contributed by atoms with van der Waals surface area (Å²) in [6.07, 6.45) is 4.61. The summed E-state index contributed by atoms with van der Waals surface area (Å²) in [5.41, 5.74) is 2.50. The maximum absolute atomic E-state index is 5.75. The van der Waals surface area contributed by atoms with Gasteiger partial charge in [-0.3, -0.25) is 0 Å². The first kappa shape index (κ1) is 12.3. The van der Waals surface area contributed by atoms with Gasteiger partial charge in [0.15, 0.2) is 0 Å². The van der Waals surface area contributed by atoms with Gasteiger partial charge in [-0.25, -0.2) is 0 Å². The van der Waals surface area contributed by atoms with Gasteiger partial charge < -0.3 is 14.5 Å². The van der Waals surface area contributed by atoms with Crippen LogP contribution in [0.5, 0.6) is 5.75 Å². The van der Waals surface area contributed by atoms with Crippen molar-refractivity contribution in [2.45, 2.75) is 25.3 Å². The van der Waals surface area contributed by atoms with E-state index in [0.29, 0.717) is 5.92 Å². The average molecular weight is 257 g/mol. The lowest BCUT2D eigenvalue weighted by atomic mass is 9.84. The molecule has 0 saturated heterocycles. The van der Waals surface area contributed by atoms with Crippen molar-refractivity contribution < 1.29 is 9.15 Å². The Bertz CT molecular complexity index is 521. The molecule has 0 spiro atoms. The predicted molar refractivity (Wildman–Crippen MR) is 74.4 cm³/mol. The van der Waals surface area contributed by atoms with Gasteiger partial charge in [-0.1, -0.05) is 25.1 Å². The molecule has 100 valence electrons. The molecule has 0 fully saturated rings. The lowest BCUT2D eigenvalue weighted by Crippen LogP contribution is -2.30. The van der Waals surface area contributed by atoms with Gasteiger partial charge in [-0.2, -0.15) is 0 Å². The smallest absolute Gasteiger partial charge is 0.122 e. The van der Waals surface area contributed by atoms with E-state index in [1.165, 1.54) is 11.1 Å². The summed E-state index contributed by atoms with van der Waals surface area (Å²) in [7, 11) is 0. The van der Waals surface area contributed by atoms with E-state index >= 15 is 0 Å². The molecule has 2 heterocycles. The molecule has 1 aliphatic heterocycles. The molecule has 0 saturated carbocycles. The van der Waals surface area contributed by atoms with E-state index in [2.05, 4.69) is 30.4 Å². The molecular weight excluding hydrogens is 238 g/mol. The zero-order chi connectivity index (χ0) is 13.1. The fourth-order valence-corrected chi connectivity index (χ4v) is 2.88. The van der Waals surface area contributed by atoms with Gasteiger partial charge in [-0.05, 0) is 30.7 Å². The number of fused-ring (bicyclic) bond motifs is 1. The van der Waals surface area contributed by atoms with Gasteiger partial charge >= 0.3 is 0 Å². The monoisotopic (exact) mass is 257 g/mol. The Kier molecular flexibility index (Phi) is 3.56. The summed E-state index contributed by atoms with van der Waals surface area (Å²) < 4.78 is 11.0. The minimum absolute atomic E-state index is 0.286. The molecule has 3 rings (SSSR count). The Hall–Kier alpha value is -1.74. The molecule has 0 aliphatic carbocycles. The Morgan fingerprint density at radius 2 is 2.21 bits per heavy atom. The van der Waals surface area contributed by atoms with Crippen molar-refractivity contribution in [2.24, 2.45) is 0 Å². The van der Waals surface area contributed by atoms with Crippen LogP contribution in [-0.2, 0) is 0 Å². The summed E-state index contributed by atoms with van der Waals surface area (Å²) >= 11 is 0. The van der Waals surface area contributed by atoms with Crippen molar-refractivity contribution in [3.8, 4) is 5.75 Å². The molecule has 2 unspecified atom stereocenters. The van der Waals surface area contributed by atoms with E-state index in [0.717, 1.165) is 25.3 Å². The van der Waals surface area contributed by atoms with Crippen LogP contribution in [0.4, 0.5) is 0 Å². The number of hydrogen-bond acceptors (Lipinski definition) is 3. The van der Waals surface area contributed by atoms with Crippen molar-refractivity contribution in [1.29, 1.82) is 0 Å². The van der Waals surface area contributed by atoms with Crippen molar-refractivity contribution >= 4 is 0 Å². The third-order valence-corrected chi connectivity index (χ3v) is 3.73. The van der Waals surface area contributed by atoms with Gasteiger partial charge in [0.05, 0.1) is 19.1 Å². The average Bonchev–Trinajstić information content (AvgIpc) is 2.98. The summed E-state index contributed by atoms with van der Waals surface area (Å²) in [6.45, 7) is 3.86. The van der Waals surface area contributed by atoms with E-state index in [4.69, 9.17) is 9.15 Å². The first-order chi connectivity index (χ1) is 9.40. The number of likely N-dealkylation sites (N-methyl/N-ethyl adjacent to an activating group) is 1. The van der Waals surface area contributed by atoms with Gasteiger partial charge in [0.1, 0.15) is 5.75 Å². The first-order valence-corrected chi connectivity index (χ1v) is 6.87. The topological polar surface area (TPSA) is 34.4 Å². The Labute approximate surface area is 113 Å². The number of hydrogen-bond donors (Lipinski definition) is 1. The van der Waals surface area contributed by atoms with Gasteiger partial charge in [0.2, 0.25) is 0 Å². The van der Waals surface area contributed by atoms with E-state index in [1.54, 1.807) is 6.26 Å². The minimum Gasteiger partial charge on any atom is -0.493 e. The predicted octanol–water partition coefficient (Wildman–Crippen LogP) is 3.50. The molecule has 3 heteroatoms. The van der Waals surface area contributed by atoms with Crippen LogP contribution in [0.2, 0.25) is 0 Å². The highest BCUT2D eigenvalue weighted by molar-refractivity contribution is 5.40. The molecular formula is C16H19NO2. The summed E-state index contributed by atoms with van der Waals surface area (Å²) in [5.74, 6) is 1.45. The molecule has 1 N–H and O–H groups in total. The SMILES string of the molecule is CCNC(c1ccoc1)C1CCOc2ccccc21. The number of furan rings is 1. The quantitative estimate of drug-likeness (QED) is 0.910. The van der Waals surface area contributed by atoms with Crippen LogP contribution in [0, 0.1) is 0 Å². The summed E-state index contributed by atoms with van der Waals surface area (Å²) in [4.78, 5) is 0. The first-order valence-electron chi connectivity index (χ1n) is 6.87. The standard InChI is InChI=1S/C16H19NO2/c1-2-17-16(12-7-9-18-11-12)14-8-10-19-15-6-4-3-5-13(14)15/h3-7,9,11,14,16-17H,2,8,10H2,1H3. The van der Waals surface area contributed by atoms with Crippen LogP contribution >= 0.6 is 0 Å². The number of nitrogens with one attached hydrogen (secondary N) is 1. The van der Waals surface area contributed by atoms with E-state index in [9.17, 15) is 0 Å². The Balaban J connectivity index is 1.96. The van der Waals surface area contributed by atoms with Crippen LogP contribution in [0.15, 0.2) is 47.3 Å². The lowest BCUT2D eigenvalue weighted by Gasteiger charge is -2.32. The van der Waals surface area contributed by atoms with Crippen molar-refractivity contribution in [3.63, 3.8) is 0 Å². The molecule has 0 amide bonds. The minimum atomic E-state index is 0.286. The van der Waals surface area contributed by atoms with Crippen molar-refractivity contribution in [1.82, 2.24) is 5.32 Å². The van der Waals surface area contributed by atoms with Gasteiger partial charge in [0.25, 0.3) is 0 Å². The molecule has 1 aromatic carbocycles. The van der Waals surface area contributed by atoms with Gasteiger partial charge in [0, 0.05) is 17.5 Å². The highest BCUT2D eigenvalue weighted by Crippen LogP contribution is 2.41. The largest absolute Gasteiger partial charge is 0.493 e. The Morgan fingerprint density at radius 1 is 1.32 bits per heavy atom. The maximum Gasteiger partial charge on any atom is 0.122 e. The fourth-order valence-electron chi connectivity index (χ4n) is 2.88. The highest BCUT2D eigenvalue weighted by Gasteiger charge is 2.29. The zero-order valence-corrected chi connectivity index (χ0v) is 11.1. The number of para-hydroxylation sites is 1. The molecule has 1 aliphatic rings. The molecule has 2 atom stereocenters. The molecule has 1 aromatic heterocycles. The van der Waals surface area contributed by atoms with Crippen LogP contribution in [0.3, 0.4) is 0 Å². The number of benzene rings is 1. The third-order valence-electron chi connectivity index (χ3n) is 3.73. The van der Waals surface area contributed by atoms with Crippen molar-refractivity contribution in [3.05, 3.63) is 54.0 Å². The third kappa shape index (κ3) is 2.38. The molecule has 2 aromatic rings. The number of rotatable bonds is 4.